The molecule has 2 N–H and O–H groups in total. The number of nitrogens with zero attached hydrogens (tertiary/aromatic N) is 1. The molecule has 0 aliphatic carbocycles. The van der Waals surface area contributed by atoms with Gasteiger partial charge in [-0.15, -0.1) is 11.3 Å². The Bertz CT molecular complexity index is 518. The largest absolute Gasteiger partial charge is 0.383 e. The summed E-state index contributed by atoms with van der Waals surface area (Å²) in [5.41, 5.74) is 1.25. The Morgan fingerprint density at radius 1 is 1.30 bits per heavy atom. The molecule has 0 aromatic carbocycles. The highest BCUT2D eigenvalue weighted by Gasteiger charge is 2.21. The molecule has 0 bridgehead atoms. The molecule has 1 aromatic rings. The van der Waals surface area contributed by atoms with Gasteiger partial charge in [0.1, 0.15) is 0 Å². The van der Waals surface area contributed by atoms with E-state index >= 15 is 0 Å². The smallest absolute Gasteiger partial charge is 0.223 e. The molecule has 0 saturated heterocycles. The van der Waals surface area contributed by atoms with E-state index in [-0.39, 0.29) is 24.7 Å². The minimum Gasteiger partial charge on any atom is -0.383 e. The number of rotatable bonds is 9. The number of carbonyl (C=O) groups excluding carboxylic acids is 2. The van der Waals surface area contributed by atoms with Crippen LogP contribution in [0.25, 0.3) is 0 Å². The van der Waals surface area contributed by atoms with Crippen LogP contribution in [0.3, 0.4) is 0 Å². The van der Waals surface area contributed by atoms with Crippen LogP contribution < -0.4 is 10.6 Å². The normalized spacial score (nSPS) is 13.7. The summed E-state index contributed by atoms with van der Waals surface area (Å²) in [7, 11) is 1.65. The van der Waals surface area contributed by atoms with Crippen molar-refractivity contribution < 1.29 is 14.3 Å². The Balaban J connectivity index is 1.58. The van der Waals surface area contributed by atoms with Crippen LogP contribution in [0.15, 0.2) is 11.4 Å². The summed E-state index contributed by atoms with van der Waals surface area (Å²) in [5, 5.41) is 8.05. The van der Waals surface area contributed by atoms with Crippen LogP contribution in [0.1, 0.15) is 23.3 Å². The molecular formula is C16H25N3O3S. The molecule has 1 aliphatic rings. The first-order valence-electron chi connectivity index (χ1n) is 8.00. The number of ether oxygens (including phenoxy) is 1. The van der Waals surface area contributed by atoms with E-state index in [9.17, 15) is 9.59 Å². The standard InChI is InChI=1S/C16H25N3O3S/c1-22-10-8-17-6-7-18-15(20)2-3-16(21)19-9-4-14-13(12-19)5-11-23-14/h5,11,17H,2-4,6-10,12H2,1H3,(H,18,20). The van der Waals surface area contributed by atoms with E-state index in [1.165, 1.54) is 10.4 Å². The molecule has 0 spiro atoms. The first-order chi connectivity index (χ1) is 11.2. The second-order valence-electron chi connectivity index (χ2n) is 5.53. The zero-order valence-corrected chi connectivity index (χ0v) is 14.4. The molecule has 2 heterocycles. The Kier molecular flexibility index (Phi) is 7.51. The van der Waals surface area contributed by atoms with Gasteiger partial charge in [0.15, 0.2) is 0 Å². The molecule has 1 aliphatic heterocycles. The molecule has 0 unspecified atom stereocenters. The van der Waals surface area contributed by atoms with Gasteiger partial charge in [-0.05, 0) is 23.4 Å². The van der Waals surface area contributed by atoms with Gasteiger partial charge in [-0.2, -0.15) is 0 Å². The fraction of sp³-hybridized carbons (Fsp3) is 0.625. The predicted octanol–water partition coefficient (Wildman–Crippen LogP) is 0.765. The molecule has 128 valence electrons. The molecule has 6 nitrogen and oxygen atoms in total. The lowest BCUT2D eigenvalue weighted by Gasteiger charge is -2.27. The molecular weight excluding hydrogens is 314 g/mol. The highest BCUT2D eigenvalue weighted by Crippen LogP contribution is 2.24. The number of fused-ring (bicyclic) bond motifs is 1. The van der Waals surface area contributed by atoms with Crippen molar-refractivity contribution in [1.82, 2.24) is 15.5 Å². The number of amides is 2. The van der Waals surface area contributed by atoms with Crippen LogP contribution >= 0.6 is 11.3 Å². The van der Waals surface area contributed by atoms with Crippen LogP contribution in [-0.2, 0) is 27.3 Å². The molecule has 0 fully saturated rings. The summed E-state index contributed by atoms with van der Waals surface area (Å²) >= 11 is 1.76. The monoisotopic (exact) mass is 339 g/mol. The lowest BCUT2D eigenvalue weighted by atomic mass is 10.1. The summed E-state index contributed by atoms with van der Waals surface area (Å²) < 4.78 is 4.92. The van der Waals surface area contributed by atoms with Gasteiger partial charge in [0.25, 0.3) is 0 Å². The van der Waals surface area contributed by atoms with Gasteiger partial charge in [0, 0.05) is 57.6 Å². The minimum atomic E-state index is -0.0693. The second kappa shape index (κ2) is 9.64. The summed E-state index contributed by atoms with van der Waals surface area (Å²) in [6, 6.07) is 2.09. The van der Waals surface area contributed by atoms with Crippen LogP contribution in [-0.4, -0.2) is 56.6 Å². The van der Waals surface area contributed by atoms with Crippen molar-refractivity contribution in [2.24, 2.45) is 0 Å². The Morgan fingerprint density at radius 2 is 2.17 bits per heavy atom. The molecule has 0 saturated carbocycles. The van der Waals surface area contributed by atoms with Crippen molar-refractivity contribution >= 4 is 23.2 Å². The number of hydrogen-bond acceptors (Lipinski definition) is 5. The first kappa shape index (κ1) is 17.9. The van der Waals surface area contributed by atoms with Crippen molar-refractivity contribution in [3.05, 3.63) is 21.9 Å². The fourth-order valence-corrected chi connectivity index (χ4v) is 3.41. The quantitative estimate of drug-likeness (QED) is 0.652. The Hall–Kier alpha value is -1.44. The second-order valence-corrected chi connectivity index (χ2v) is 6.53. The average Bonchev–Trinajstić information content (AvgIpc) is 3.03. The van der Waals surface area contributed by atoms with E-state index in [0.717, 1.165) is 19.5 Å². The number of thiophene rings is 1. The van der Waals surface area contributed by atoms with Gasteiger partial charge in [0.05, 0.1) is 6.61 Å². The molecule has 0 radical (unpaired) electrons. The van der Waals surface area contributed by atoms with Crippen LogP contribution in [0.4, 0.5) is 0 Å². The molecule has 7 heteroatoms. The number of methoxy groups -OCH3 is 1. The van der Waals surface area contributed by atoms with Gasteiger partial charge < -0.3 is 20.3 Å². The first-order valence-corrected chi connectivity index (χ1v) is 8.88. The number of hydrogen-bond donors (Lipinski definition) is 2. The van der Waals surface area contributed by atoms with Crippen molar-refractivity contribution in [2.75, 3.05) is 39.9 Å². The zero-order valence-electron chi connectivity index (χ0n) is 13.6. The lowest BCUT2D eigenvalue weighted by molar-refractivity contribution is -0.134. The van der Waals surface area contributed by atoms with Crippen molar-refractivity contribution in [3.63, 3.8) is 0 Å². The SMILES string of the molecule is COCCNCCNC(=O)CCC(=O)N1CCc2sccc2C1. The van der Waals surface area contributed by atoms with Crippen LogP contribution in [0, 0.1) is 0 Å². The van der Waals surface area contributed by atoms with E-state index in [1.54, 1.807) is 18.4 Å². The molecule has 2 rings (SSSR count). The molecule has 0 atom stereocenters. The number of nitrogens with one attached hydrogen (secondary N) is 2. The van der Waals surface area contributed by atoms with E-state index in [1.807, 2.05) is 4.90 Å². The van der Waals surface area contributed by atoms with Crippen molar-refractivity contribution in [3.8, 4) is 0 Å². The molecule has 23 heavy (non-hydrogen) atoms. The van der Waals surface area contributed by atoms with E-state index < -0.39 is 0 Å². The van der Waals surface area contributed by atoms with Crippen LogP contribution in [0.5, 0.6) is 0 Å². The predicted molar refractivity (Wildman–Crippen MR) is 90.4 cm³/mol. The summed E-state index contributed by atoms with van der Waals surface area (Å²) in [6.07, 6.45) is 1.46. The summed E-state index contributed by atoms with van der Waals surface area (Å²) in [4.78, 5) is 27.2. The minimum absolute atomic E-state index is 0.0650. The Labute approximate surface area is 141 Å². The van der Waals surface area contributed by atoms with Gasteiger partial charge in [-0.25, -0.2) is 0 Å². The maximum absolute atomic E-state index is 12.2. The highest BCUT2D eigenvalue weighted by molar-refractivity contribution is 7.10. The van der Waals surface area contributed by atoms with Gasteiger partial charge in [-0.1, -0.05) is 0 Å². The average molecular weight is 339 g/mol. The van der Waals surface area contributed by atoms with E-state index in [4.69, 9.17) is 4.74 Å². The van der Waals surface area contributed by atoms with Gasteiger partial charge >= 0.3 is 0 Å². The maximum Gasteiger partial charge on any atom is 0.223 e. The van der Waals surface area contributed by atoms with Crippen molar-refractivity contribution in [2.45, 2.75) is 25.8 Å². The number of carbonyl (C=O) groups is 2. The van der Waals surface area contributed by atoms with Gasteiger partial charge in [0.2, 0.25) is 11.8 Å². The maximum atomic E-state index is 12.2. The summed E-state index contributed by atoms with van der Waals surface area (Å²) in [5.74, 6) is -0.00431. The summed E-state index contributed by atoms with van der Waals surface area (Å²) in [6.45, 7) is 4.14. The third kappa shape index (κ3) is 5.93. The Morgan fingerprint density at radius 3 is 3.00 bits per heavy atom. The molecule has 1 aromatic heterocycles. The van der Waals surface area contributed by atoms with E-state index in [0.29, 0.717) is 26.2 Å². The van der Waals surface area contributed by atoms with Crippen LogP contribution in [0.2, 0.25) is 0 Å². The topological polar surface area (TPSA) is 70.7 Å². The van der Waals surface area contributed by atoms with Gasteiger partial charge in [-0.3, -0.25) is 9.59 Å². The third-order valence-electron chi connectivity index (χ3n) is 3.83. The lowest BCUT2D eigenvalue weighted by Crippen LogP contribution is -2.37. The fourth-order valence-electron chi connectivity index (χ4n) is 2.52. The molecule has 2 amide bonds. The zero-order chi connectivity index (χ0) is 16.5. The van der Waals surface area contributed by atoms with Crippen molar-refractivity contribution in [1.29, 1.82) is 0 Å². The van der Waals surface area contributed by atoms with E-state index in [2.05, 4.69) is 22.1 Å². The highest BCUT2D eigenvalue weighted by atomic mass is 32.1. The third-order valence-corrected chi connectivity index (χ3v) is 4.86.